The molecule has 0 bridgehead atoms. The number of hydrogen-bond acceptors (Lipinski definition) is 3. The van der Waals surface area contributed by atoms with E-state index < -0.39 is 0 Å². The highest BCUT2D eigenvalue weighted by Gasteiger charge is 2.05. The number of carbonyl (C=O) groups is 1. The monoisotopic (exact) mass is 255 g/mol. The summed E-state index contributed by atoms with van der Waals surface area (Å²) in [6.07, 6.45) is 3.02. The molecule has 0 aliphatic heterocycles. The number of aromatic nitrogens is 2. The summed E-state index contributed by atoms with van der Waals surface area (Å²) < 4.78 is 0. The summed E-state index contributed by atoms with van der Waals surface area (Å²) in [6.45, 7) is 0.292. The predicted molar refractivity (Wildman–Crippen MR) is 70.2 cm³/mol. The summed E-state index contributed by atoms with van der Waals surface area (Å²) in [5.41, 5.74) is 2.32. The van der Waals surface area contributed by atoms with Crippen LogP contribution in [0.2, 0.25) is 0 Å². The molecule has 0 spiro atoms. The largest absolute Gasteiger partial charge is 0.384 e. The van der Waals surface area contributed by atoms with Gasteiger partial charge in [0.05, 0.1) is 11.8 Å². The van der Waals surface area contributed by atoms with Crippen molar-refractivity contribution < 1.29 is 9.90 Å². The molecule has 0 saturated carbocycles. The molecule has 5 heteroatoms. The molecule has 3 N–H and O–H groups in total. The normalized spacial score (nSPS) is 9.53. The summed E-state index contributed by atoms with van der Waals surface area (Å²) in [5, 5.41) is 17.7. The third-order valence-electron chi connectivity index (χ3n) is 2.48. The molecule has 19 heavy (non-hydrogen) atoms. The summed E-state index contributed by atoms with van der Waals surface area (Å²) in [5.74, 6) is 5.22. The number of carbonyl (C=O) groups excluding carboxylic acids is 1. The lowest BCUT2D eigenvalue weighted by molar-refractivity contribution is 0.0951. The van der Waals surface area contributed by atoms with Crippen LogP contribution in [0.4, 0.5) is 0 Å². The molecular formula is C14H13N3O2. The Morgan fingerprint density at radius 2 is 2.16 bits per heavy atom. The second-order valence-corrected chi connectivity index (χ2v) is 3.83. The number of aliphatic hydroxyl groups excluding tert-OH is 1. The van der Waals surface area contributed by atoms with Crippen molar-refractivity contribution in [1.82, 2.24) is 15.5 Å². The van der Waals surface area contributed by atoms with Crippen LogP contribution >= 0.6 is 0 Å². The van der Waals surface area contributed by atoms with Crippen molar-refractivity contribution in [2.45, 2.75) is 6.54 Å². The Kier molecular flexibility index (Phi) is 4.32. The predicted octanol–water partition coefficient (Wildman–Crippen LogP) is 0.683. The number of rotatable bonds is 3. The van der Waals surface area contributed by atoms with Crippen LogP contribution < -0.4 is 5.32 Å². The number of nitrogens with one attached hydrogen (secondary N) is 2. The van der Waals surface area contributed by atoms with Crippen molar-refractivity contribution in [2.24, 2.45) is 0 Å². The van der Waals surface area contributed by atoms with Crippen molar-refractivity contribution >= 4 is 5.91 Å². The topological polar surface area (TPSA) is 78.0 Å². The molecule has 0 unspecified atom stereocenters. The van der Waals surface area contributed by atoms with E-state index in [0.29, 0.717) is 12.1 Å². The van der Waals surface area contributed by atoms with Crippen molar-refractivity contribution in [3.05, 3.63) is 53.3 Å². The van der Waals surface area contributed by atoms with E-state index in [9.17, 15) is 4.79 Å². The molecule has 1 aromatic heterocycles. The number of nitrogens with zero attached hydrogens (tertiary/aromatic N) is 1. The SMILES string of the molecule is O=C(NCc1ccc(C#CCO)cc1)c1cn[nH]c1. The molecular weight excluding hydrogens is 242 g/mol. The minimum Gasteiger partial charge on any atom is -0.384 e. The van der Waals surface area contributed by atoms with Gasteiger partial charge in [0.15, 0.2) is 0 Å². The number of benzene rings is 1. The van der Waals surface area contributed by atoms with Crippen LogP contribution in [0.5, 0.6) is 0 Å². The minimum atomic E-state index is -0.169. The van der Waals surface area contributed by atoms with Gasteiger partial charge in [-0.25, -0.2) is 0 Å². The van der Waals surface area contributed by atoms with E-state index in [1.165, 1.54) is 6.20 Å². The van der Waals surface area contributed by atoms with Gasteiger partial charge in [-0.05, 0) is 17.7 Å². The van der Waals surface area contributed by atoms with Gasteiger partial charge in [0.1, 0.15) is 6.61 Å². The number of aromatic amines is 1. The van der Waals surface area contributed by atoms with Gasteiger partial charge in [-0.1, -0.05) is 24.0 Å². The number of H-pyrrole nitrogens is 1. The number of amides is 1. The fraction of sp³-hybridized carbons (Fsp3) is 0.143. The van der Waals surface area contributed by atoms with Gasteiger partial charge in [-0.2, -0.15) is 5.10 Å². The lowest BCUT2D eigenvalue weighted by atomic mass is 10.1. The summed E-state index contributed by atoms with van der Waals surface area (Å²) >= 11 is 0. The van der Waals surface area contributed by atoms with E-state index >= 15 is 0 Å². The molecule has 0 saturated heterocycles. The lowest BCUT2D eigenvalue weighted by Gasteiger charge is -2.03. The third-order valence-corrected chi connectivity index (χ3v) is 2.48. The number of hydrogen-bond donors (Lipinski definition) is 3. The second kappa shape index (κ2) is 6.38. The Balaban J connectivity index is 1.91. The Bertz CT molecular complexity index is 592. The first kappa shape index (κ1) is 12.9. The molecule has 1 aromatic carbocycles. The van der Waals surface area contributed by atoms with E-state index in [2.05, 4.69) is 27.4 Å². The molecule has 0 fully saturated rings. The average molecular weight is 255 g/mol. The Morgan fingerprint density at radius 1 is 1.37 bits per heavy atom. The zero-order chi connectivity index (χ0) is 13.5. The molecule has 1 heterocycles. The molecule has 1 amide bonds. The van der Waals surface area contributed by atoms with Gasteiger partial charge < -0.3 is 10.4 Å². The maximum absolute atomic E-state index is 11.7. The van der Waals surface area contributed by atoms with Crippen molar-refractivity contribution in [3.8, 4) is 11.8 Å². The van der Waals surface area contributed by atoms with Gasteiger partial charge in [-0.15, -0.1) is 0 Å². The Morgan fingerprint density at radius 3 is 2.79 bits per heavy atom. The average Bonchev–Trinajstić information content (AvgIpc) is 2.98. The smallest absolute Gasteiger partial charge is 0.254 e. The fourth-order valence-electron chi connectivity index (χ4n) is 1.51. The Hall–Kier alpha value is -2.58. The molecule has 0 radical (unpaired) electrons. The standard InChI is InChI=1S/C14H13N3O2/c18-7-1-2-11-3-5-12(6-4-11)8-15-14(19)13-9-16-17-10-13/h3-6,9-10,18H,7-8H2,(H,15,19)(H,16,17). The minimum absolute atomic E-state index is 0.150. The molecule has 0 atom stereocenters. The van der Waals surface area contributed by atoms with Crippen molar-refractivity contribution in [1.29, 1.82) is 0 Å². The highest BCUT2D eigenvalue weighted by atomic mass is 16.2. The zero-order valence-electron chi connectivity index (χ0n) is 10.2. The van der Waals surface area contributed by atoms with E-state index in [1.54, 1.807) is 6.20 Å². The van der Waals surface area contributed by atoms with Gasteiger partial charge >= 0.3 is 0 Å². The highest BCUT2D eigenvalue weighted by Crippen LogP contribution is 2.03. The van der Waals surface area contributed by atoms with Crippen LogP contribution in [0.15, 0.2) is 36.7 Å². The number of aliphatic hydroxyl groups is 1. The van der Waals surface area contributed by atoms with E-state index in [-0.39, 0.29) is 12.5 Å². The van der Waals surface area contributed by atoms with Gasteiger partial charge in [0.25, 0.3) is 5.91 Å². The van der Waals surface area contributed by atoms with Gasteiger partial charge in [-0.3, -0.25) is 9.89 Å². The van der Waals surface area contributed by atoms with Crippen LogP contribution in [0.3, 0.4) is 0 Å². The Labute approximate surface area is 110 Å². The van der Waals surface area contributed by atoms with Crippen LogP contribution in [-0.2, 0) is 6.54 Å². The van der Waals surface area contributed by atoms with Gasteiger partial charge in [0, 0.05) is 18.3 Å². The maximum Gasteiger partial charge on any atom is 0.254 e. The third kappa shape index (κ3) is 3.69. The van der Waals surface area contributed by atoms with E-state index in [4.69, 9.17) is 5.11 Å². The fourth-order valence-corrected chi connectivity index (χ4v) is 1.51. The lowest BCUT2D eigenvalue weighted by Crippen LogP contribution is -2.22. The van der Waals surface area contributed by atoms with Crippen LogP contribution in [0.25, 0.3) is 0 Å². The quantitative estimate of drug-likeness (QED) is 0.706. The summed E-state index contributed by atoms with van der Waals surface area (Å²) in [6, 6.07) is 7.47. The molecule has 0 aliphatic carbocycles. The first-order valence-electron chi connectivity index (χ1n) is 5.75. The van der Waals surface area contributed by atoms with Gasteiger partial charge in [0.2, 0.25) is 0 Å². The molecule has 5 nitrogen and oxygen atoms in total. The summed E-state index contributed by atoms with van der Waals surface area (Å²) in [7, 11) is 0. The van der Waals surface area contributed by atoms with Crippen molar-refractivity contribution in [2.75, 3.05) is 6.61 Å². The molecule has 2 aromatic rings. The van der Waals surface area contributed by atoms with Crippen LogP contribution in [0.1, 0.15) is 21.5 Å². The maximum atomic E-state index is 11.7. The van der Waals surface area contributed by atoms with Crippen LogP contribution in [0, 0.1) is 11.8 Å². The highest BCUT2D eigenvalue weighted by molar-refractivity contribution is 5.93. The zero-order valence-corrected chi connectivity index (χ0v) is 10.2. The van der Waals surface area contributed by atoms with Crippen LogP contribution in [-0.4, -0.2) is 27.8 Å². The molecule has 0 aliphatic rings. The van der Waals surface area contributed by atoms with E-state index in [0.717, 1.165) is 11.1 Å². The second-order valence-electron chi connectivity index (χ2n) is 3.83. The molecule has 96 valence electrons. The first-order chi connectivity index (χ1) is 9.29. The van der Waals surface area contributed by atoms with E-state index in [1.807, 2.05) is 24.3 Å². The first-order valence-corrected chi connectivity index (χ1v) is 5.75. The van der Waals surface area contributed by atoms with Crippen molar-refractivity contribution in [3.63, 3.8) is 0 Å². The summed E-state index contributed by atoms with van der Waals surface area (Å²) in [4.78, 5) is 11.7. The molecule has 2 rings (SSSR count).